The number of rotatable bonds is 3. The quantitative estimate of drug-likeness (QED) is 0.172. The van der Waals surface area contributed by atoms with Crippen LogP contribution in [0.3, 0.4) is 0 Å². The molecule has 2 aliphatic heterocycles. The summed E-state index contributed by atoms with van der Waals surface area (Å²) in [7, 11) is 0. The van der Waals surface area contributed by atoms with Crippen molar-refractivity contribution in [2.24, 2.45) is 0 Å². The van der Waals surface area contributed by atoms with E-state index in [2.05, 4.69) is 168 Å². The first kappa shape index (κ1) is 29.2. The number of nitrogens with zero attached hydrogens (tertiary/aromatic N) is 1. The second-order valence-corrected chi connectivity index (χ2v) is 15.1. The number of para-hydroxylation sites is 5. The van der Waals surface area contributed by atoms with E-state index >= 15 is 0 Å². The molecule has 0 saturated heterocycles. The van der Waals surface area contributed by atoms with Crippen LogP contribution in [0.4, 0.5) is 0 Å². The van der Waals surface area contributed by atoms with Gasteiger partial charge in [-0.1, -0.05) is 115 Å². The van der Waals surface area contributed by atoms with Gasteiger partial charge < -0.3 is 13.7 Å². The minimum absolute atomic E-state index is 0.111. The highest BCUT2D eigenvalue weighted by Gasteiger charge is 2.39. The maximum atomic E-state index is 6.82. The van der Waals surface area contributed by atoms with Gasteiger partial charge in [-0.2, -0.15) is 11.6 Å². The number of hydrogen-bond acceptors (Lipinski definition) is 3. The number of fused-ring (bicyclic) bond motifs is 10. The van der Waals surface area contributed by atoms with E-state index in [1.807, 2.05) is 17.7 Å². The van der Waals surface area contributed by atoms with Crippen molar-refractivity contribution in [2.45, 2.75) is 4.90 Å². The minimum atomic E-state index is 0.111. The van der Waals surface area contributed by atoms with Crippen LogP contribution >= 0.6 is 11.6 Å². The number of benzene rings is 8. The standard InChI is InChI=1S/C48H28BNO2S/c1-6-18-39(50-40-19-7-2-13-33(40)34-14-3-8-20-41(34)50)31(12-1)30-26-37-35-25-24-29(32-16-11-23-44-47(32)36-15-4-9-21-42(36)51-44)28-46(35)53-49-38-17-5-10-22-43(38)52-45(27-30)48(37)49/h1-28H. The Bertz CT molecular complexity index is 3100. The molecule has 53 heavy (non-hydrogen) atoms. The molecule has 8 aromatic carbocycles. The smallest absolute Gasteiger partial charge is 0.289 e. The Balaban J connectivity index is 1.09. The molecule has 0 radical (unpaired) electrons. The van der Waals surface area contributed by atoms with Crippen molar-refractivity contribution in [1.82, 2.24) is 4.57 Å². The second kappa shape index (κ2) is 11.0. The van der Waals surface area contributed by atoms with Gasteiger partial charge >= 0.3 is 0 Å². The van der Waals surface area contributed by atoms with Gasteiger partial charge in [0, 0.05) is 32.0 Å². The van der Waals surface area contributed by atoms with Gasteiger partial charge in [0.1, 0.15) is 22.7 Å². The lowest BCUT2D eigenvalue weighted by Crippen LogP contribution is -2.46. The zero-order valence-corrected chi connectivity index (χ0v) is 29.2. The van der Waals surface area contributed by atoms with E-state index < -0.39 is 0 Å². The van der Waals surface area contributed by atoms with Gasteiger partial charge in [-0.05, 0) is 93.3 Å². The van der Waals surface area contributed by atoms with Crippen molar-refractivity contribution in [3.8, 4) is 50.6 Å². The Hall–Kier alpha value is -6.43. The molecule has 0 fully saturated rings. The lowest BCUT2D eigenvalue weighted by Gasteiger charge is -2.33. The van der Waals surface area contributed by atoms with Crippen LogP contribution in [-0.4, -0.2) is 10.6 Å². The lowest BCUT2D eigenvalue weighted by molar-refractivity contribution is 0.488. The molecular weight excluding hydrogens is 665 g/mol. The summed E-state index contributed by atoms with van der Waals surface area (Å²) >= 11 is 1.93. The topological polar surface area (TPSA) is 27.3 Å². The van der Waals surface area contributed by atoms with Crippen LogP contribution in [0.5, 0.6) is 11.5 Å². The van der Waals surface area contributed by atoms with Crippen molar-refractivity contribution >= 4 is 72.3 Å². The monoisotopic (exact) mass is 693 g/mol. The normalized spacial score (nSPS) is 12.9. The molecule has 2 aliphatic rings. The molecule has 0 aliphatic carbocycles. The summed E-state index contributed by atoms with van der Waals surface area (Å²) in [4.78, 5) is 1.26. The highest BCUT2D eigenvalue weighted by atomic mass is 32.2. The predicted octanol–water partition coefficient (Wildman–Crippen LogP) is 12.0. The zero-order chi connectivity index (χ0) is 34.6. The predicted molar refractivity (Wildman–Crippen MR) is 222 cm³/mol. The first-order valence-corrected chi connectivity index (χ1v) is 18.9. The Morgan fingerprint density at radius 2 is 1.17 bits per heavy atom. The summed E-state index contributed by atoms with van der Waals surface area (Å²) in [6, 6.07) is 61.1. The van der Waals surface area contributed by atoms with Gasteiger partial charge in [-0.25, -0.2) is 0 Å². The molecule has 0 unspecified atom stereocenters. The van der Waals surface area contributed by atoms with Gasteiger partial charge in [0.25, 0.3) is 5.99 Å². The third-order valence-corrected chi connectivity index (χ3v) is 12.4. The fraction of sp³-hybridized carbons (Fsp3) is 0. The van der Waals surface area contributed by atoms with Crippen molar-refractivity contribution in [2.75, 3.05) is 0 Å². The van der Waals surface area contributed by atoms with Crippen molar-refractivity contribution in [3.05, 3.63) is 170 Å². The molecule has 0 amide bonds. The number of aromatic nitrogens is 1. The maximum absolute atomic E-state index is 6.82. The van der Waals surface area contributed by atoms with E-state index in [-0.39, 0.29) is 5.99 Å². The molecule has 0 spiro atoms. The molecule has 2 aromatic heterocycles. The van der Waals surface area contributed by atoms with Crippen LogP contribution in [0.25, 0.3) is 82.8 Å². The van der Waals surface area contributed by atoms with Crippen LogP contribution in [-0.2, 0) is 0 Å². The third-order valence-electron chi connectivity index (χ3n) is 11.1. The van der Waals surface area contributed by atoms with Crippen LogP contribution in [0, 0.1) is 0 Å². The number of furan rings is 1. The molecule has 246 valence electrons. The summed E-state index contributed by atoms with van der Waals surface area (Å²) in [6.07, 6.45) is 0. The van der Waals surface area contributed by atoms with E-state index in [9.17, 15) is 0 Å². The van der Waals surface area contributed by atoms with Crippen LogP contribution in [0.1, 0.15) is 0 Å². The molecule has 5 heteroatoms. The minimum Gasteiger partial charge on any atom is -0.458 e. The molecule has 3 nitrogen and oxygen atoms in total. The van der Waals surface area contributed by atoms with Crippen molar-refractivity contribution in [3.63, 3.8) is 0 Å². The molecule has 0 N–H and O–H groups in total. The Morgan fingerprint density at radius 3 is 2.04 bits per heavy atom. The summed E-state index contributed by atoms with van der Waals surface area (Å²) in [5, 5.41) is 4.81. The van der Waals surface area contributed by atoms with Crippen molar-refractivity contribution < 1.29 is 9.15 Å². The third kappa shape index (κ3) is 4.20. The van der Waals surface area contributed by atoms with Crippen LogP contribution in [0.2, 0.25) is 0 Å². The molecule has 10 aromatic rings. The van der Waals surface area contributed by atoms with Crippen LogP contribution in [0.15, 0.2) is 179 Å². The lowest BCUT2D eigenvalue weighted by atomic mass is 9.57. The van der Waals surface area contributed by atoms with E-state index in [1.54, 1.807) is 0 Å². The van der Waals surface area contributed by atoms with Gasteiger partial charge in [-0.15, -0.1) is 0 Å². The van der Waals surface area contributed by atoms with Gasteiger partial charge in [-0.3, -0.25) is 0 Å². The second-order valence-electron chi connectivity index (χ2n) is 13.9. The Morgan fingerprint density at radius 1 is 0.472 bits per heavy atom. The van der Waals surface area contributed by atoms with E-state index in [4.69, 9.17) is 9.15 Å². The highest BCUT2D eigenvalue weighted by Crippen LogP contribution is 2.48. The first-order chi connectivity index (χ1) is 26.3. The molecule has 12 rings (SSSR count). The summed E-state index contributed by atoms with van der Waals surface area (Å²) in [6.45, 7) is 0. The molecular formula is C48H28BNO2S. The molecule has 0 bridgehead atoms. The van der Waals surface area contributed by atoms with Gasteiger partial charge in [0.15, 0.2) is 0 Å². The van der Waals surface area contributed by atoms with Crippen molar-refractivity contribution in [1.29, 1.82) is 0 Å². The average molecular weight is 694 g/mol. The van der Waals surface area contributed by atoms with Crippen LogP contribution < -0.4 is 15.7 Å². The van der Waals surface area contributed by atoms with E-state index in [0.29, 0.717) is 0 Å². The fourth-order valence-corrected chi connectivity index (χ4v) is 10.2. The van der Waals surface area contributed by atoms with E-state index in [0.717, 1.165) is 50.3 Å². The molecule has 4 heterocycles. The average Bonchev–Trinajstić information content (AvgIpc) is 3.76. The number of ether oxygens (including phenoxy) is 1. The number of hydrogen-bond donors (Lipinski definition) is 0. The van der Waals surface area contributed by atoms with Gasteiger partial charge in [0.05, 0.1) is 16.7 Å². The largest absolute Gasteiger partial charge is 0.458 e. The zero-order valence-electron chi connectivity index (χ0n) is 28.4. The highest BCUT2D eigenvalue weighted by molar-refractivity contribution is 8.28. The molecule has 0 saturated carbocycles. The summed E-state index contributed by atoms with van der Waals surface area (Å²) in [5.74, 6) is 1.96. The Labute approximate surface area is 310 Å². The SMILES string of the molecule is c1ccc2c(c1)Oc1cc(-c3ccccc3-n3c4ccccc4c4ccccc43)cc3c1B2Sc1cc(-c2cccc4oc5ccccc5c24)ccc1-3. The summed E-state index contributed by atoms with van der Waals surface area (Å²) < 4.78 is 15.5. The summed E-state index contributed by atoms with van der Waals surface area (Å²) in [5.41, 5.74) is 14.9. The Kier molecular flexibility index (Phi) is 6.08. The molecule has 0 atom stereocenters. The van der Waals surface area contributed by atoms with Gasteiger partial charge in [0.2, 0.25) is 0 Å². The first-order valence-electron chi connectivity index (χ1n) is 18.0. The maximum Gasteiger partial charge on any atom is 0.289 e. The van der Waals surface area contributed by atoms with E-state index in [1.165, 1.54) is 59.9 Å². The fourth-order valence-electron chi connectivity index (χ4n) is 8.79.